The Morgan fingerprint density at radius 2 is 1.47 bits per heavy atom. The van der Waals surface area contributed by atoms with Crippen LogP contribution in [0, 0.1) is 0 Å². The second-order valence-corrected chi connectivity index (χ2v) is 11.9. The number of anilines is 2. The smallest absolute Gasteiger partial charge is 0.407 e. The van der Waals surface area contributed by atoms with Gasteiger partial charge in [-0.2, -0.15) is 0 Å². The molecule has 0 unspecified atom stereocenters. The third-order valence-corrected chi connectivity index (χ3v) is 7.44. The van der Waals surface area contributed by atoms with Gasteiger partial charge in [-0.05, 0) is 94.0 Å². The minimum Gasteiger partial charge on any atom is -0.444 e. The van der Waals surface area contributed by atoms with Crippen LogP contribution in [-0.4, -0.2) is 40.6 Å². The lowest BCUT2D eigenvalue weighted by Gasteiger charge is -2.30. The quantitative estimate of drug-likeness (QED) is 0.203. The Kier molecular flexibility index (Phi) is 8.61. The highest BCUT2D eigenvalue weighted by Gasteiger charge is 2.26. The summed E-state index contributed by atoms with van der Waals surface area (Å²) in [5, 5.41) is 10.2. The number of rotatable bonds is 7. The fourth-order valence-corrected chi connectivity index (χ4v) is 5.30. The van der Waals surface area contributed by atoms with E-state index in [0.717, 1.165) is 53.4 Å². The molecule has 0 radical (unpaired) electrons. The number of carbonyl (C=O) groups is 3. The molecule has 3 amide bonds. The molecule has 1 aliphatic rings. The molecule has 1 heterocycles. The summed E-state index contributed by atoms with van der Waals surface area (Å²) >= 11 is 0. The van der Waals surface area contributed by atoms with Crippen molar-refractivity contribution in [1.82, 2.24) is 15.6 Å². The van der Waals surface area contributed by atoms with Crippen molar-refractivity contribution in [2.45, 2.75) is 64.1 Å². The van der Waals surface area contributed by atoms with E-state index >= 15 is 0 Å². The third kappa shape index (κ3) is 7.48. The first-order valence-corrected chi connectivity index (χ1v) is 14.5. The molecule has 1 fully saturated rings. The lowest BCUT2D eigenvalue weighted by atomic mass is 9.91. The number of pyridine rings is 1. The number of nitrogens with one attached hydrogen (secondary N) is 3. The highest BCUT2D eigenvalue weighted by molar-refractivity contribution is 6.08. The molecule has 9 nitrogen and oxygen atoms in total. The van der Waals surface area contributed by atoms with Crippen LogP contribution in [0.15, 0.2) is 79.0 Å². The zero-order chi connectivity index (χ0) is 30.6. The van der Waals surface area contributed by atoms with E-state index in [1.165, 1.54) is 6.20 Å². The normalized spacial score (nSPS) is 16.7. The van der Waals surface area contributed by atoms with E-state index in [2.05, 4.69) is 20.9 Å². The number of amides is 3. The van der Waals surface area contributed by atoms with Crippen molar-refractivity contribution in [3.05, 3.63) is 90.1 Å². The summed E-state index contributed by atoms with van der Waals surface area (Å²) in [7, 11) is 0. The second kappa shape index (κ2) is 12.5. The average Bonchev–Trinajstić information content (AvgIpc) is 2.97. The van der Waals surface area contributed by atoms with Crippen LogP contribution in [0.1, 0.15) is 67.2 Å². The van der Waals surface area contributed by atoms with Crippen LogP contribution in [0.3, 0.4) is 0 Å². The van der Waals surface area contributed by atoms with E-state index in [1.807, 2.05) is 93.6 Å². The summed E-state index contributed by atoms with van der Waals surface area (Å²) < 4.78 is 5.35. The van der Waals surface area contributed by atoms with Gasteiger partial charge in [0.1, 0.15) is 5.60 Å². The molecule has 222 valence electrons. The molecule has 0 saturated heterocycles. The Labute approximate surface area is 251 Å². The van der Waals surface area contributed by atoms with Crippen LogP contribution in [0.25, 0.3) is 22.0 Å². The predicted molar refractivity (Wildman–Crippen MR) is 168 cm³/mol. The topological polar surface area (TPSA) is 135 Å². The SMILES string of the molecule is CC(C)(C)OC(=O)NC1CCC(NC(=O)c2ccc(-c3ccc4ncc(C(N)=O)c(Nc5ccccc5)c4c3)cc2)CC1. The molecular weight excluding hydrogens is 542 g/mol. The molecular formula is C34H37N5O4. The van der Waals surface area contributed by atoms with Crippen molar-refractivity contribution in [3.8, 4) is 11.1 Å². The summed E-state index contributed by atoms with van der Waals surface area (Å²) in [5.41, 5.74) is 10.00. The van der Waals surface area contributed by atoms with Gasteiger partial charge in [-0.25, -0.2) is 4.79 Å². The molecule has 0 spiro atoms. The number of primary amides is 1. The monoisotopic (exact) mass is 579 g/mol. The number of aromatic nitrogens is 1. The van der Waals surface area contributed by atoms with E-state index in [-0.39, 0.29) is 18.0 Å². The largest absolute Gasteiger partial charge is 0.444 e. The summed E-state index contributed by atoms with van der Waals surface area (Å²) in [6, 6.07) is 22.9. The number of carbonyl (C=O) groups excluding carboxylic acids is 3. The Morgan fingerprint density at radius 3 is 2.09 bits per heavy atom. The number of ether oxygens (including phenoxy) is 1. The van der Waals surface area contributed by atoms with Crippen LogP contribution in [0.5, 0.6) is 0 Å². The van der Waals surface area contributed by atoms with Crippen molar-refractivity contribution in [2.75, 3.05) is 5.32 Å². The lowest BCUT2D eigenvalue weighted by Crippen LogP contribution is -2.45. The molecule has 1 aromatic heterocycles. The van der Waals surface area contributed by atoms with Gasteiger partial charge >= 0.3 is 6.09 Å². The minimum absolute atomic E-state index is 0.0434. The molecule has 9 heteroatoms. The lowest BCUT2D eigenvalue weighted by molar-refractivity contribution is 0.0487. The number of nitrogens with two attached hydrogens (primary N) is 1. The number of para-hydroxylation sites is 1. The number of hydrogen-bond acceptors (Lipinski definition) is 6. The molecule has 0 bridgehead atoms. The molecule has 5 N–H and O–H groups in total. The molecule has 1 aliphatic carbocycles. The number of nitrogens with zero attached hydrogens (tertiary/aromatic N) is 1. The molecule has 1 saturated carbocycles. The number of hydrogen-bond donors (Lipinski definition) is 4. The van der Waals surface area contributed by atoms with Crippen LogP contribution < -0.4 is 21.7 Å². The Hall–Kier alpha value is -4.92. The summed E-state index contributed by atoms with van der Waals surface area (Å²) in [6.07, 6.45) is 4.20. The highest BCUT2D eigenvalue weighted by atomic mass is 16.6. The van der Waals surface area contributed by atoms with Gasteiger partial charge in [0.15, 0.2) is 0 Å². The number of benzene rings is 3. The van der Waals surface area contributed by atoms with Gasteiger partial charge in [0.05, 0.1) is 16.8 Å². The maximum absolute atomic E-state index is 13.0. The first-order chi connectivity index (χ1) is 20.6. The molecule has 4 aromatic rings. The van der Waals surface area contributed by atoms with E-state index in [0.29, 0.717) is 16.8 Å². The molecule has 3 aromatic carbocycles. The minimum atomic E-state index is -0.568. The van der Waals surface area contributed by atoms with Crippen LogP contribution in [-0.2, 0) is 4.74 Å². The standard InChI is InChI=1S/C34H37N5O4/c1-34(2,3)43-33(42)39-26-16-14-25(15-17-26)38-32(41)22-11-9-21(10-12-22)23-13-18-29-27(19-23)30(28(20-36-29)31(35)40)37-24-7-5-4-6-8-24/h4-13,18-20,25-26H,14-17H2,1-3H3,(H2,35,40)(H,36,37)(H,38,41)(H,39,42). The summed E-state index contributed by atoms with van der Waals surface area (Å²) in [4.78, 5) is 41.8. The van der Waals surface area contributed by atoms with Crippen molar-refractivity contribution in [2.24, 2.45) is 5.73 Å². The number of alkyl carbamates (subject to hydrolysis) is 1. The second-order valence-electron chi connectivity index (χ2n) is 11.9. The van der Waals surface area contributed by atoms with Crippen molar-refractivity contribution in [1.29, 1.82) is 0 Å². The van der Waals surface area contributed by atoms with E-state index in [1.54, 1.807) is 0 Å². The van der Waals surface area contributed by atoms with Gasteiger partial charge in [0.25, 0.3) is 11.8 Å². The van der Waals surface area contributed by atoms with Gasteiger partial charge in [0, 0.05) is 34.9 Å². The predicted octanol–water partition coefficient (Wildman–Crippen LogP) is 6.31. The maximum atomic E-state index is 13.0. The molecule has 5 rings (SSSR count). The fourth-order valence-electron chi connectivity index (χ4n) is 5.30. The first kappa shape index (κ1) is 29.6. The zero-order valence-corrected chi connectivity index (χ0v) is 24.6. The Balaban J connectivity index is 1.26. The summed E-state index contributed by atoms with van der Waals surface area (Å²) in [5.74, 6) is -0.695. The van der Waals surface area contributed by atoms with Gasteiger partial charge in [0.2, 0.25) is 0 Å². The molecule has 0 aliphatic heterocycles. The van der Waals surface area contributed by atoms with E-state index < -0.39 is 17.6 Å². The molecule has 43 heavy (non-hydrogen) atoms. The van der Waals surface area contributed by atoms with Gasteiger partial charge in [-0.3, -0.25) is 14.6 Å². The van der Waals surface area contributed by atoms with Crippen molar-refractivity contribution in [3.63, 3.8) is 0 Å². The van der Waals surface area contributed by atoms with Gasteiger partial charge in [-0.15, -0.1) is 0 Å². The summed E-state index contributed by atoms with van der Waals surface area (Å²) in [6.45, 7) is 5.52. The van der Waals surface area contributed by atoms with Gasteiger partial charge in [-0.1, -0.05) is 36.4 Å². The van der Waals surface area contributed by atoms with Crippen molar-refractivity contribution < 1.29 is 19.1 Å². The van der Waals surface area contributed by atoms with Crippen LogP contribution >= 0.6 is 0 Å². The first-order valence-electron chi connectivity index (χ1n) is 14.5. The fraction of sp³-hybridized carbons (Fsp3) is 0.294. The average molecular weight is 580 g/mol. The zero-order valence-electron chi connectivity index (χ0n) is 24.6. The van der Waals surface area contributed by atoms with Crippen molar-refractivity contribution >= 4 is 40.2 Å². The van der Waals surface area contributed by atoms with Crippen LogP contribution in [0.2, 0.25) is 0 Å². The maximum Gasteiger partial charge on any atom is 0.407 e. The van der Waals surface area contributed by atoms with Crippen LogP contribution in [0.4, 0.5) is 16.2 Å². The Morgan fingerprint density at radius 1 is 0.837 bits per heavy atom. The van der Waals surface area contributed by atoms with E-state index in [9.17, 15) is 14.4 Å². The molecule has 0 atom stereocenters. The number of fused-ring (bicyclic) bond motifs is 1. The highest BCUT2D eigenvalue weighted by Crippen LogP contribution is 2.33. The third-order valence-electron chi connectivity index (χ3n) is 7.44. The van der Waals surface area contributed by atoms with E-state index in [4.69, 9.17) is 10.5 Å². The Bertz CT molecular complexity index is 1620. The van der Waals surface area contributed by atoms with Gasteiger partial charge < -0.3 is 26.4 Å².